The summed E-state index contributed by atoms with van der Waals surface area (Å²) in [5, 5.41) is 12.8. The fourth-order valence-electron chi connectivity index (χ4n) is 3.41. The van der Waals surface area contributed by atoms with E-state index in [9.17, 15) is 14.9 Å². The van der Waals surface area contributed by atoms with E-state index in [2.05, 4.69) is 10.3 Å². The van der Waals surface area contributed by atoms with Crippen LogP contribution >= 0.6 is 11.3 Å². The molecule has 0 atom stereocenters. The van der Waals surface area contributed by atoms with Crippen molar-refractivity contribution in [3.8, 4) is 17.6 Å². The summed E-state index contributed by atoms with van der Waals surface area (Å²) in [5.74, 6) is -0.517. The summed E-state index contributed by atoms with van der Waals surface area (Å²) in [6, 6.07) is 19.4. The number of hydrogen-bond acceptors (Lipinski definition) is 7. The van der Waals surface area contributed by atoms with Crippen LogP contribution in [0.15, 0.2) is 66.2 Å². The maximum Gasteiger partial charge on any atom is 0.343 e. The zero-order chi connectivity index (χ0) is 25.7. The largest absolute Gasteiger partial charge is 0.490 e. The predicted molar refractivity (Wildman–Crippen MR) is 140 cm³/mol. The summed E-state index contributed by atoms with van der Waals surface area (Å²) >= 11 is 1.35. The van der Waals surface area contributed by atoms with Crippen molar-refractivity contribution in [2.75, 3.05) is 11.9 Å². The van der Waals surface area contributed by atoms with Crippen LogP contribution in [0, 0.1) is 25.2 Å². The first kappa shape index (κ1) is 24.6. The van der Waals surface area contributed by atoms with Crippen molar-refractivity contribution >= 4 is 44.6 Å². The number of carbonyl (C=O) groups is 2. The molecule has 3 aromatic carbocycles. The molecule has 0 unspecified atom stereocenters. The number of thiazole rings is 1. The molecule has 8 heteroatoms. The summed E-state index contributed by atoms with van der Waals surface area (Å²) in [4.78, 5) is 29.7. The van der Waals surface area contributed by atoms with Crippen LogP contribution in [0.2, 0.25) is 0 Å². The Morgan fingerprint density at radius 3 is 2.53 bits per heavy atom. The number of benzene rings is 3. The van der Waals surface area contributed by atoms with Crippen LogP contribution in [0.3, 0.4) is 0 Å². The Morgan fingerprint density at radius 2 is 1.81 bits per heavy atom. The van der Waals surface area contributed by atoms with Gasteiger partial charge in [-0.3, -0.25) is 10.1 Å². The lowest BCUT2D eigenvalue weighted by Gasteiger charge is -2.11. The molecule has 7 nitrogen and oxygen atoms in total. The minimum absolute atomic E-state index is 0.0990. The fraction of sp³-hybridized carbons (Fsp3) is 0.143. The number of esters is 1. The van der Waals surface area contributed by atoms with Gasteiger partial charge in [0.15, 0.2) is 16.6 Å². The molecule has 0 aliphatic rings. The normalized spacial score (nSPS) is 11.1. The van der Waals surface area contributed by atoms with Gasteiger partial charge in [0, 0.05) is 0 Å². The smallest absolute Gasteiger partial charge is 0.343 e. The molecule has 0 aliphatic carbocycles. The number of carbonyl (C=O) groups excluding carboxylic acids is 2. The van der Waals surface area contributed by atoms with E-state index in [-0.39, 0.29) is 11.3 Å². The number of ether oxygens (including phenoxy) is 2. The third kappa shape index (κ3) is 5.59. The van der Waals surface area contributed by atoms with Gasteiger partial charge in [0.25, 0.3) is 5.91 Å². The second kappa shape index (κ2) is 10.8. The van der Waals surface area contributed by atoms with E-state index in [4.69, 9.17) is 9.47 Å². The second-order valence-electron chi connectivity index (χ2n) is 7.94. The molecule has 1 heterocycles. The molecule has 0 fully saturated rings. The number of fused-ring (bicyclic) bond motifs is 1. The van der Waals surface area contributed by atoms with Gasteiger partial charge in [-0.1, -0.05) is 35.6 Å². The predicted octanol–water partition coefficient (Wildman–Crippen LogP) is 6.08. The number of nitriles is 1. The van der Waals surface area contributed by atoms with Gasteiger partial charge in [0.1, 0.15) is 11.6 Å². The van der Waals surface area contributed by atoms with Gasteiger partial charge < -0.3 is 9.47 Å². The van der Waals surface area contributed by atoms with Crippen molar-refractivity contribution in [2.45, 2.75) is 20.8 Å². The fourth-order valence-corrected chi connectivity index (χ4v) is 4.35. The maximum atomic E-state index is 12.8. The van der Waals surface area contributed by atoms with Gasteiger partial charge in [-0.2, -0.15) is 5.26 Å². The first-order chi connectivity index (χ1) is 17.4. The van der Waals surface area contributed by atoms with E-state index in [0.29, 0.717) is 28.6 Å². The molecule has 180 valence electrons. The molecule has 1 N–H and O–H groups in total. The average molecular weight is 498 g/mol. The molecule has 36 heavy (non-hydrogen) atoms. The van der Waals surface area contributed by atoms with Gasteiger partial charge in [-0.25, -0.2) is 9.78 Å². The lowest BCUT2D eigenvalue weighted by atomic mass is 10.1. The number of nitrogens with zero attached hydrogens (tertiary/aromatic N) is 2. The van der Waals surface area contributed by atoms with Crippen molar-refractivity contribution in [1.29, 1.82) is 5.26 Å². The molecule has 4 aromatic rings. The van der Waals surface area contributed by atoms with Gasteiger partial charge in [-0.05, 0) is 79.9 Å². The Balaban J connectivity index is 1.55. The number of nitrogens with one attached hydrogen (secondary N) is 1. The number of rotatable bonds is 7. The number of aromatic nitrogens is 1. The Bertz CT molecular complexity index is 1480. The van der Waals surface area contributed by atoms with Gasteiger partial charge >= 0.3 is 5.97 Å². The molecule has 0 saturated heterocycles. The lowest BCUT2D eigenvalue weighted by Crippen LogP contribution is -2.13. The molecule has 1 aromatic heterocycles. The molecule has 0 aliphatic heterocycles. The van der Waals surface area contributed by atoms with Gasteiger partial charge in [-0.15, -0.1) is 0 Å². The highest BCUT2D eigenvalue weighted by atomic mass is 32.1. The van der Waals surface area contributed by atoms with E-state index in [1.807, 2.05) is 38.1 Å². The molecule has 0 saturated carbocycles. The van der Waals surface area contributed by atoms with Crippen LogP contribution in [-0.2, 0) is 4.79 Å². The van der Waals surface area contributed by atoms with E-state index in [1.54, 1.807) is 49.4 Å². The molecule has 0 bridgehead atoms. The number of hydrogen-bond donors (Lipinski definition) is 1. The standard InChI is InChI=1S/C28H23N3O4S/c1-4-34-24-15-19(10-11-23(24)35-27(33)20-8-6-5-7-9-20)14-21(16-29)26(32)31-28-30-22-12-17(2)18(3)13-25(22)36-28/h5-15H,4H2,1-3H3,(H,30,31,32)/b21-14+. The zero-order valence-corrected chi connectivity index (χ0v) is 20.8. The highest BCUT2D eigenvalue weighted by molar-refractivity contribution is 7.22. The highest BCUT2D eigenvalue weighted by Crippen LogP contribution is 2.31. The lowest BCUT2D eigenvalue weighted by molar-refractivity contribution is -0.112. The summed E-state index contributed by atoms with van der Waals surface area (Å²) in [6.45, 7) is 6.17. The number of aryl methyl sites for hydroxylation is 2. The molecule has 4 rings (SSSR count). The van der Waals surface area contributed by atoms with Crippen LogP contribution < -0.4 is 14.8 Å². The molecule has 1 amide bonds. The van der Waals surface area contributed by atoms with Crippen molar-refractivity contribution < 1.29 is 19.1 Å². The summed E-state index contributed by atoms with van der Waals surface area (Å²) in [6.07, 6.45) is 1.45. The van der Waals surface area contributed by atoms with Crippen LogP contribution in [0.1, 0.15) is 34.0 Å². The summed E-state index contributed by atoms with van der Waals surface area (Å²) < 4.78 is 12.1. The van der Waals surface area contributed by atoms with Gasteiger partial charge in [0.05, 0.1) is 22.4 Å². The molecule has 0 spiro atoms. The zero-order valence-electron chi connectivity index (χ0n) is 20.0. The van der Waals surface area contributed by atoms with E-state index in [0.717, 1.165) is 21.3 Å². The Morgan fingerprint density at radius 1 is 1.06 bits per heavy atom. The van der Waals surface area contributed by atoms with Gasteiger partial charge in [0.2, 0.25) is 0 Å². The number of anilines is 1. The van der Waals surface area contributed by atoms with Crippen molar-refractivity contribution in [3.63, 3.8) is 0 Å². The monoisotopic (exact) mass is 497 g/mol. The quantitative estimate of drug-likeness (QED) is 0.144. The molecule has 0 radical (unpaired) electrons. The minimum atomic E-state index is -0.567. The second-order valence-corrected chi connectivity index (χ2v) is 8.97. The molecular weight excluding hydrogens is 474 g/mol. The average Bonchev–Trinajstić information content (AvgIpc) is 3.25. The summed E-state index contributed by atoms with van der Waals surface area (Å²) in [7, 11) is 0. The maximum absolute atomic E-state index is 12.8. The first-order valence-corrected chi connectivity index (χ1v) is 12.0. The van der Waals surface area contributed by atoms with Crippen LogP contribution in [0.4, 0.5) is 5.13 Å². The van der Waals surface area contributed by atoms with E-state index < -0.39 is 11.9 Å². The molecular formula is C28H23N3O4S. The van der Waals surface area contributed by atoms with E-state index >= 15 is 0 Å². The van der Waals surface area contributed by atoms with Crippen molar-refractivity contribution in [2.24, 2.45) is 0 Å². The highest BCUT2D eigenvalue weighted by Gasteiger charge is 2.16. The third-order valence-electron chi connectivity index (χ3n) is 5.38. The third-order valence-corrected chi connectivity index (χ3v) is 6.31. The first-order valence-electron chi connectivity index (χ1n) is 11.2. The topological polar surface area (TPSA) is 101 Å². The summed E-state index contributed by atoms with van der Waals surface area (Å²) in [5.41, 5.74) is 3.91. The Hall–Kier alpha value is -4.48. The van der Waals surface area contributed by atoms with Crippen LogP contribution in [0.25, 0.3) is 16.3 Å². The van der Waals surface area contributed by atoms with Crippen molar-refractivity contribution in [1.82, 2.24) is 4.98 Å². The number of amides is 1. The Labute approximate surface area is 212 Å². The van der Waals surface area contributed by atoms with E-state index in [1.165, 1.54) is 17.4 Å². The SMILES string of the molecule is CCOc1cc(/C=C(\C#N)C(=O)Nc2nc3cc(C)c(C)cc3s2)ccc1OC(=O)c1ccccc1. The van der Waals surface area contributed by atoms with Crippen molar-refractivity contribution in [3.05, 3.63) is 88.5 Å². The Kier molecular flexibility index (Phi) is 7.42. The van der Waals surface area contributed by atoms with Crippen LogP contribution in [-0.4, -0.2) is 23.5 Å². The van der Waals surface area contributed by atoms with Crippen LogP contribution in [0.5, 0.6) is 11.5 Å². The minimum Gasteiger partial charge on any atom is -0.490 e.